The molecule has 0 bridgehead atoms. The number of rotatable bonds is 6. The number of amides is 1. The summed E-state index contributed by atoms with van der Waals surface area (Å²) in [5, 5.41) is 17.9. The van der Waals surface area contributed by atoms with E-state index >= 15 is 0 Å². The number of nitrogens with one attached hydrogen (secondary N) is 1. The van der Waals surface area contributed by atoms with Gasteiger partial charge in [0.15, 0.2) is 5.69 Å². The molecule has 3 rings (SSSR count). The van der Waals surface area contributed by atoms with E-state index in [0.29, 0.717) is 16.9 Å². The lowest BCUT2D eigenvalue weighted by Crippen LogP contribution is -2.27. The van der Waals surface area contributed by atoms with Gasteiger partial charge >= 0.3 is 5.97 Å². The highest BCUT2D eigenvalue weighted by Gasteiger charge is 2.20. The maximum Gasteiger partial charge on any atom is 0.338 e. The Bertz CT molecular complexity index is 1220. The van der Waals surface area contributed by atoms with E-state index in [1.807, 2.05) is 0 Å². The molecule has 0 saturated heterocycles. The van der Waals surface area contributed by atoms with Gasteiger partial charge in [0.2, 0.25) is 5.43 Å². The molecule has 3 aromatic rings. The van der Waals surface area contributed by atoms with Crippen molar-refractivity contribution in [2.45, 2.75) is 13.8 Å². The van der Waals surface area contributed by atoms with Crippen LogP contribution in [0.15, 0.2) is 59.4 Å². The average molecular weight is 422 g/mol. The number of carbonyl (C=O) groups is 2. The Hall–Kier alpha value is -4.34. The summed E-state index contributed by atoms with van der Waals surface area (Å²) in [6.07, 6.45) is 0. The number of esters is 1. The summed E-state index contributed by atoms with van der Waals surface area (Å²) in [5.41, 5.74) is -0.189. The number of hydrogen-bond acceptors (Lipinski definition) is 7. The molecular formula is C21H18N4O6. The summed E-state index contributed by atoms with van der Waals surface area (Å²) in [6.45, 7) is 3.49. The summed E-state index contributed by atoms with van der Waals surface area (Å²) < 4.78 is 6.08. The van der Waals surface area contributed by atoms with Crippen molar-refractivity contribution in [3.05, 3.63) is 91.9 Å². The number of ether oxygens (including phenoxy) is 1. The van der Waals surface area contributed by atoms with E-state index in [9.17, 15) is 24.5 Å². The zero-order valence-corrected chi connectivity index (χ0v) is 16.7. The van der Waals surface area contributed by atoms with Crippen LogP contribution >= 0.6 is 0 Å². The summed E-state index contributed by atoms with van der Waals surface area (Å²) >= 11 is 0. The lowest BCUT2D eigenvalue weighted by molar-refractivity contribution is -0.384. The molecule has 10 nitrogen and oxygen atoms in total. The van der Waals surface area contributed by atoms with Crippen LogP contribution in [0.1, 0.15) is 33.5 Å². The van der Waals surface area contributed by atoms with E-state index in [-0.39, 0.29) is 18.0 Å². The van der Waals surface area contributed by atoms with Crippen LogP contribution in [-0.4, -0.2) is 33.2 Å². The standard InChI is InChI=1S/C21H18N4O6/c1-3-31-21(28)14-8-10-15(11-9-14)22-20(27)19-18(26)12-13(2)24(23-19)16-6-4-5-7-17(16)25(29)30/h4-12H,3H2,1-2H3,(H,22,27). The lowest BCUT2D eigenvalue weighted by atomic mass is 10.2. The highest BCUT2D eigenvalue weighted by atomic mass is 16.6. The molecule has 0 unspecified atom stereocenters. The molecule has 0 aliphatic rings. The van der Waals surface area contributed by atoms with Gasteiger partial charge in [-0.05, 0) is 44.2 Å². The summed E-state index contributed by atoms with van der Waals surface area (Å²) in [5.74, 6) is -1.28. The van der Waals surface area contributed by atoms with Gasteiger partial charge in [-0.3, -0.25) is 19.7 Å². The van der Waals surface area contributed by atoms with Gasteiger partial charge in [0.1, 0.15) is 5.69 Å². The first-order valence-electron chi connectivity index (χ1n) is 9.25. The van der Waals surface area contributed by atoms with Crippen LogP contribution in [0.3, 0.4) is 0 Å². The van der Waals surface area contributed by atoms with Gasteiger partial charge in [-0.15, -0.1) is 0 Å². The van der Waals surface area contributed by atoms with E-state index in [1.54, 1.807) is 19.9 Å². The van der Waals surface area contributed by atoms with Crippen LogP contribution in [0.5, 0.6) is 0 Å². The van der Waals surface area contributed by atoms with Crippen molar-refractivity contribution < 1.29 is 19.2 Å². The van der Waals surface area contributed by atoms with E-state index in [1.165, 1.54) is 53.2 Å². The molecule has 10 heteroatoms. The topological polar surface area (TPSA) is 133 Å². The minimum Gasteiger partial charge on any atom is -0.462 e. The number of nitro groups is 1. The van der Waals surface area contributed by atoms with Crippen molar-refractivity contribution in [1.82, 2.24) is 9.78 Å². The van der Waals surface area contributed by atoms with Gasteiger partial charge in [0.05, 0.1) is 17.1 Å². The number of hydrogen-bond donors (Lipinski definition) is 1. The van der Waals surface area contributed by atoms with Crippen molar-refractivity contribution in [3.63, 3.8) is 0 Å². The Kier molecular flexibility index (Phi) is 6.20. The molecule has 158 valence electrons. The number of aryl methyl sites for hydroxylation is 1. The maximum atomic E-state index is 12.7. The predicted molar refractivity (Wildman–Crippen MR) is 112 cm³/mol. The van der Waals surface area contributed by atoms with Gasteiger partial charge in [-0.1, -0.05) is 12.1 Å². The van der Waals surface area contributed by atoms with Crippen LogP contribution in [0.25, 0.3) is 5.69 Å². The van der Waals surface area contributed by atoms with Crippen molar-refractivity contribution in [2.24, 2.45) is 0 Å². The highest BCUT2D eigenvalue weighted by molar-refractivity contribution is 6.03. The van der Waals surface area contributed by atoms with Crippen LogP contribution in [0.4, 0.5) is 11.4 Å². The fraction of sp³-hybridized carbons (Fsp3) is 0.143. The molecule has 0 saturated carbocycles. The number of benzene rings is 2. The second-order valence-electron chi connectivity index (χ2n) is 6.41. The fourth-order valence-electron chi connectivity index (χ4n) is 2.84. The Morgan fingerprint density at radius 1 is 1.16 bits per heavy atom. The Labute approximate surface area is 176 Å². The molecule has 0 aliphatic carbocycles. The van der Waals surface area contributed by atoms with Crippen LogP contribution in [-0.2, 0) is 4.74 Å². The number of aromatic nitrogens is 2. The quantitative estimate of drug-likeness (QED) is 0.367. The third-order valence-electron chi connectivity index (χ3n) is 4.28. The van der Waals surface area contributed by atoms with E-state index < -0.39 is 27.9 Å². The second-order valence-corrected chi connectivity index (χ2v) is 6.41. The molecule has 1 amide bonds. The Morgan fingerprint density at radius 2 is 1.84 bits per heavy atom. The number of nitro benzene ring substituents is 1. The molecule has 1 N–H and O–H groups in total. The third-order valence-corrected chi connectivity index (χ3v) is 4.28. The monoisotopic (exact) mass is 422 g/mol. The fourth-order valence-corrected chi connectivity index (χ4v) is 2.84. The van der Waals surface area contributed by atoms with E-state index in [2.05, 4.69) is 10.4 Å². The summed E-state index contributed by atoms with van der Waals surface area (Å²) in [6, 6.07) is 13.0. The zero-order chi connectivity index (χ0) is 22.5. The Balaban J connectivity index is 1.92. The van der Waals surface area contributed by atoms with Crippen molar-refractivity contribution >= 4 is 23.3 Å². The zero-order valence-electron chi connectivity index (χ0n) is 16.7. The summed E-state index contributed by atoms with van der Waals surface area (Å²) in [4.78, 5) is 47.5. The van der Waals surface area contributed by atoms with Gasteiger partial charge in [0, 0.05) is 23.5 Å². The van der Waals surface area contributed by atoms with Gasteiger partial charge < -0.3 is 10.1 Å². The molecule has 1 aromatic heterocycles. The first-order valence-corrected chi connectivity index (χ1v) is 9.25. The predicted octanol–water partition coefficient (Wildman–Crippen LogP) is 2.88. The third kappa shape index (κ3) is 4.64. The average Bonchev–Trinajstić information content (AvgIpc) is 2.74. The number of para-hydroxylation sites is 2. The first-order chi connectivity index (χ1) is 14.8. The molecule has 31 heavy (non-hydrogen) atoms. The minimum atomic E-state index is -0.791. The molecule has 2 aromatic carbocycles. The number of nitrogens with zero attached hydrogens (tertiary/aromatic N) is 3. The number of anilines is 1. The van der Waals surface area contributed by atoms with Crippen LogP contribution in [0, 0.1) is 17.0 Å². The lowest BCUT2D eigenvalue weighted by Gasteiger charge is -2.11. The first kappa shape index (κ1) is 21.4. The molecule has 1 heterocycles. The van der Waals surface area contributed by atoms with Gasteiger partial charge in [-0.25, -0.2) is 9.48 Å². The molecule has 0 radical (unpaired) electrons. The minimum absolute atomic E-state index is 0.123. The van der Waals surface area contributed by atoms with Crippen molar-refractivity contribution in [2.75, 3.05) is 11.9 Å². The summed E-state index contributed by atoms with van der Waals surface area (Å²) in [7, 11) is 0. The van der Waals surface area contributed by atoms with Crippen LogP contribution in [0.2, 0.25) is 0 Å². The Morgan fingerprint density at radius 3 is 2.48 bits per heavy atom. The van der Waals surface area contributed by atoms with Crippen molar-refractivity contribution in [1.29, 1.82) is 0 Å². The van der Waals surface area contributed by atoms with Crippen molar-refractivity contribution in [3.8, 4) is 5.69 Å². The molecule has 0 fully saturated rings. The van der Waals surface area contributed by atoms with Gasteiger partial charge in [-0.2, -0.15) is 5.10 Å². The second kappa shape index (κ2) is 8.99. The molecule has 0 atom stereocenters. The normalized spacial score (nSPS) is 10.4. The molecule has 0 spiro atoms. The smallest absolute Gasteiger partial charge is 0.338 e. The molecule has 0 aliphatic heterocycles. The van der Waals surface area contributed by atoms with Crippen LogP contribution < -0.4 is 10.7 Å². The largest absolute Gasteiger partial charge is 0.462 e. The van der Waals surface area contributed by atoms with E-state index in [0.717, 1.165) is 0 Å². The van der Waals surface area contributed by atoms with Gasteiger partial charge in [0.25, 0.3) is 11.6 Å². The maximum absolute atomic E-state index is 12.7. The van der Waals surface area contributed by atoms with E-state index in [4.69, 9.17) is 4.74 Å². The number of carbonyl (C=O) groups excluding carboxylic acids is 2. The SMILES string of the molecule is CCOC(=O)c1ccc(NC(=O)c2nn(-c3ccccc3[N+](=O)[O-])c(C)cc2=O)cc1. The highest BCUT2D eigenvalue weighted by Crippen LogP contribution is 2.22. The molecular weight excluding hydrogens is 404 g/mol.